The first-order chi connectivity index (χ1) is 19.7. The third-order valence-electron chi connectivity index (χ3n) is 6.29. The molecule has 0 spiro atoms. The summed E-state index contributed by atoms with van der Waals surface area (Å²) in [5, 5.41) is 12.8. The Balaban J connectivity index is 2.12. The van der Waals surface area contributed by atoms with Gasteiger partial charge in [-0.3, -0.25) is 9.59 Å². The number of ether oxygens (including phenoxy) is 4. The maximum Gasteiger partial charge on any atom is 0.340 e. The number of phenols is 1. The molecule has 0 aliphatic carbocycles. The summed E-state index contributed by atoms with van der Waals surface area (Å²) in [5.41, 5.74) is 1.41. The van der Waals surface area contributed by atoms with E-state index < -0.39 is 11.9 Å². The van der Waals surface area contributed by atoms with Crippen molar-refractivity contribution in [3.63, 3.8) is 0 Å². The zero-order valence-corrected chi connectivity index (χ0v) is 24.7. The van der Waals surface area contributed by atoms with Gasteiger partial charge in [0.15, 0.2) is 11.5 Å². The molecule has 2 N–H and O–H groups in total. The number of phenolic OH excluding ortho intramolecular Hbond substituents is 1. The maximum absolute atomic E-state index is 12.9. The number of aromatic hydroxyl groups is 1. The largest absolute Gasteiger partial charge is 0.502 e. The van der Waals surface area contributed by atoms with Gasteiger partial charge < -0.3 is 34.3 Å². The van der Waals surface area contributed by atoms with Gasteiger partial charge in [0.2, 0.25) is 11.7 Å². The van der Waals surface area contributed by atoms with Crippen LogP contribution in [0, 0.1) is 0 Å². The highest BCUT2D eigenvalue weighted by molar-refractivity contribution is 6.06. The Morgan fingerprint density at radius 1 is 0.951 bits per heavy atom. The average Bonchev–Trinajstić information content (AvgIpc) is 2.97. The lowest BCUT2D eigenvalue weighted by Crippen LogP contribution is -2.32. The zero-order valence-electron chi connectivity index (χ0n) is 24.7. The van der Waals surface area contributed by atoms with Gasteiger partial charge in [-0.05, 0) is 55.3 Å². The minimum absolute atomic E-state index is 0.132. The van der Waals surface area contributed by atoms with Crippen LogP contribution in [-0.2, 0) is 19.1 Å². The Bertz CT molecular complexity index is 1170. The molecular weight excluding hydrogens is 528 g/mol. The van der Waals surface area contributed by atoms with E-state index in [1.807, 2.05) is 0 Å². The van der Waals surface area contributed by atoms with Gasteiger partial charge in [-0.25, -0.2) is 4.79 Å². The normalized spacial score (nSPS) is 10.9. The van der Waals surface area contributed by atoms with Gasteiger partial charge >= 0.3 is 5.97 Å². The number of carbonyl (C=O) groups excluding carboxylic acids is 3. The van der Waals surface area contributed by atoms with E-state index in [4.69, 9.17) is 18.9 Å². The van der Waals surface area contributed by atoms with Crippen LogP contribution in [0.3, 0.4) is 0 Å². The third kappa shape index (κ3) is 10.5. The molecule has 224 valence electrons. The van der Waals surface area contributed by atoms with Crippen LogP contribution in [0.2, 0.25) is 0 Å². The van der Waals surface area contributed by atoms with Crippen molar-refractivity contribution >= 4 is 35.2 Å². The first kappa shape index (κ1) is 33.2. The topological polar surface area (TPSA) is 124 Å². The molecule has 10 nitrogen and oxygen atoms in total. The Morgan fingerprint density at radius 2 is 1.61 bits per heavy atom. The third-order valence-corrected chi connectivity index (χ3v) is 6.29. The molecule has 0 aliphatic rings. The minimum Gasteiger partial charge on any atom is -0.502 e. The van der Waals surface area contributed by atoms with Crippen LogP contribution >= 0.6 is 0 Å². The second kappa shape index (κ2) is 17.6. The van der Waals surface area contributed by atoms with Crippen LogP contribution in [0.15, 0.2) is 36.4 Å². The fourth-order valence-corrected chi connectivity index (χ4v) is 4.01. The summed E-state index contributed by atoms with van der Waals surface area (Å²) in [6, 6.07) is 7.72. The first-order valence-corrected chi connectivity index (χ1v) is 13.8. The molecule has 41 heavy (non-hydrogen) atoms. The van der Waals surface area contributed by atoms with E-state index in [-0.39, 0.29) is 47.6 Å². The van der Waals surface area contributed by atoms with Crippen molar-refractivity contribution in [1.82, 2.24) is 0 Å². The van der Waals surface area contributed by atoms with E-state index in [2.05, 4.69) is 12.2 Å². The van der Waals surface area contributed by atoms with E-state index in [1.54, 1.807) is 32.2 Å². The van der Waals surface area contributed by atoms with Gasteiger partial charge in [-0.1, -0.05) is 39.0 Å². The lowest BCUT2D eigenvalue weighted by atomic mass is 10.1. The molecule has 0 bridgehead atoms. The second-order valence-corrected chi connectivity index (χ2v) is 9.32. The summed E-state index contributed by atoms with van der Waals surface area (Å²) in [5.74, 6) is -1.11. The highest BCUT2D eigenvalue weighted by Crippen LogP contribution is 2.37. The first-order valence-electron chi connectivity index (χ1n) is 13.8. The molecule has 0 heterocycles. The number of nitrogens with zero attached hydrogens (tertiary/aromatic N) is 1. The van der Waals surface area contributed by atoms with Crippen LogP contribution in [0.4, 0.5) is 11.4 Å². The van der Waals surface area contributed by atoms with Crippen LogP contribution in [0.5, 0.6) is 17.2 Å². The maximum atomic E-state index is 12.9. The van der Waals surface area contributed by atoms with Crippen molar-refractivity contribution in [3.8, 4) is 17.2 Å². The zero-order chi connectivity index (χ0) is 30.2. The summed E-state index contributed by atoms with van der Waals surface area (Å²) in [6.45, 7) is 4.40. The van der Waals surface area contributed by atoms with Crippen LogP contribution < -0.4 is 19.7 Å². The van der Waals surface area contributed by atoms with Gasteiger partial charge in [-0.15, -0.1) is 0 Å². The number of nitrogens with one attached hydrogen (secondary N) is 1. The molecule has 10 heteroatoms. The van der Waals surface area contributed by atoms with Crippen LogP contribution in [0.1, 0.15) is 68.3 Å². The standard InChI is InChI=1S/C31H42N2O8/c1-6-8-9-10-11-12-17-40-21-29(35)33(3)25-20-23(14-15-24(25)31(37)41-7-2)32-28(34)16-13-22-18-26(38-4)30(36)27(19-22)39-5/h13-16,18-20,36H,6-12,17,21H2,1-5H3,(H,32,34). The lowest BCUT2D eigenvalue weighted by Gasteiger charge is -2.21. The quantitative estimate of drug-likeness (QED) is 0.144. The predicted molar refractivity (Wildman–Crippen MR) is 159 cm³/mol. The fourth-order valence-electron chi connectivity index (χ4n) is 4.01. The highest BCUT2D eigenvalue weighted by atomic mass is 16.5. The number of methoxy groups -OCH3 is 2. The SMILES string of the molecule is CCCCCCCCOCC(=O)N(C)c1cc(NC(=O)C=Cc2cc(OC)c(O)c(OC)c2)ccc1C(=O)OCC. The Kier molecular flexibility index (Phi) is 14.2. The van der Waals surface area contributed by atoms with Crippen molar-refractivity contribution in [3.05, 3.63) is 47.5 Å². The van der Waals surface area contributed by atoms with Crippen LogP contribution in [-0.4, -0.2) is 64.0 Å². The summed E-state index contributed by atoms with van der Waals surface area (Å²) in [4.78, 5) is 39.5. The molecule has 2 aromatic carbocycles. The van der Waals surface area contributed by atoms with E-state index in [0.717, 1.165) is 19.3 Å². The number of hydrogen-bond donors (Lipinski definition) is 2. The van der Waals surface area contributed by atoms with Gasteiger partial charge in [0.1, 0.15) is 6.61 Å². The number of hydrogen-bond acceptors (Lipinski definition) is 8. The molecule has 2 amide bonds. The Hall–Kier alpha value is -4.05. The molecule has 0 aromatic heterocycles. The van der Waals surface area contributed by atoms with Crippen LogP contribution in [0.25, 0.3) is 6.08 Å². The van der Waals surface area contributed by atoms with E-state index >= 15 is 0 Å². The lowest BCUT2D eigenvalue weighted by molar-refractivity contribution is -0.122. The Labute approximate surface area is 242 Å². The molecular formula is C31H42N2O8. The smallest absolute Gasteiger partial charge is 0.340 e. The number of anilines is 2. The molecule has 0 unspecified atom stereocenters. The second-order valence-electron chi connectivity index (χ2n) is 9.32. The van der Waals surface area contributed by atoms with Crippen molar-refractivity contribution < 1.29 is 38.4 Å². The molecule has 2 rings (SSSR count). The van der Waals surface area contributed by atoms with Gasteiger partial charge in [0.25, 0.3) is 5.91 Å². The number of benzene rings is 2. The Morgan fingerprint density at radius 3 is 2.24 bits per heavy atom. The van der Waals surface area contributed by atoms with E-state index in [0.29, 0.717) is 17.9 Å². The summed E-state index contributed by atoms with van der Waals surface area (Å²) in [7, 11) is 4.37. The number of carbonyl (C=O) groups is 3. The monoisotopic (exact) mass is 570 g/mol. The fraction of sp³-hybridized carbons (Fsp3) is 0.452. The van der Waals surface area contributed by atoms with Crippen molar-refractivity contribution in [1.29, 1.82) is 0 Å². The number of rotatable bonds is 17. The number of amides is 2. The van der Waals surface area contributed by atoms with E-state index in [9.17, 15) is 19.5 Å². The molecule has 0 atom stereocenters. The summed E-state index contributed by atoms with van der Waals surface area (Å²) >= 11 is 0. The average molecular weight is 571 g/mol. The van der Waals surface area contributed by atoms with Crippen molar-refractivity contribution in [2.75, 3.05) is 51.3 Å². The van der Waals surface area contributed by atoms with Crippen molar-refractivity contribution in [2.45, 2.75) is 52.4 Å². The minimum atomic E-state index is -0.580. The van der Waals surface area contributed by atoms with Gasteiger partial charge in [0, 0.05) is 25.4 Å². The molecule has 2 aromatic rings. The molecule has 0 radical (unpaired) electrons. The molecule has 0 fully saturated rings. The summed E-state index contributed by atoms with van der Waals surface area (Å²) in [6.07, 6.45) is 9.55. The molecule has 0 saturated heterocycles. The summed E-state index contributed by atoms with van der Waals surface area (Å²) < 4.78 is 21.0. The predicted octanol–water partition coefficient (Wildman–Crippen LogP) is 5.58. The van der Waals surface area contributed by atoms with Crippen molar-refractivity contribution in [2.24, 2.45) is 0 Å². The number of esters is 1. The molecule has 0 saturated carbocycles. The van der Waals surface area contributed by atoms with Gasteiger partial charge in [-0.2, -0.15) is 0 Å². The number of unbranched alkanes of at least 4 members (excludes halogenated alkanes) is 5. The highest BCUT2D eigenvalue weighted by Gasteiger charge is 2.21. The van der Waals surface area contributed by atoms with E-state index in [1.165, 1.54) is 62.7 Å². The van der Waals surface area contributed by atoms with Gasteiger partial charge in [0.05, 0.1) is 32.1 Å². The molecule has 0 aliphatic heterocycles. The number of likely N-dealkylation sites (N-methyl/N-ethyl adjacent to an activating group) is 1.